The van der Waals surface area contributed by atoms with Crippen molar-refractivity contribution in [2.45, 2.75) is 20.3 Å². The summed E-state index contributed by atoms with van der Waals surface area (Å²) in [6.07, 6.45) is 1.55. The standard InChI is InChI=1S/C26H25ClF2N2O3S/c1-12-17(10-20(32)33)21(16-6-7-19-25(24(16)27)30-8-9-34-19)13(2)22-23(15(4)29)18(14(3)28)11-31(35-5)26(12)22/h6-7,30H,3-4,8-11H2,1-2,5H3,(H,32,33). The molecule has 9 heteroatoms. The Bertz CT molecular complexity index is 1320. The summed E-state index contributed by atoms with van der Waals surface area (Å²) in [4.78, 5) is 11.9. The molecule has 0 aromatic heterocycles. The minimum Gasteiger partial charge on any atom is -0.490 e. The van der Waals surface area contributed by atoms with Crippen LogP contribution in [0.25, 0.3) is 16.7 Å². The van der Waals surface area contributed by atoms with Crippen molar-refractivity contribution in [3.63, 3.8) is 0 Å². The minimum atomic E-state index is -1.01. The SMILES string of the molecule is C=C(F)C1=C(C(=C)F)c2c(C)c(-c3ccc4c(c3Cl)NCCO4)c(CC(=O)O)c(C)c2N(SC)C1. The number of aliphatic carboxylic acids is 1. The maximum absolute atomic E-state index is 14.9. The smallest absolute Gasteiger partial charge is 0.307 e. The van der Waals surface area contributed by atoms with E-state index in [4.69, 9.17) is 16.3 Å². The average molecular weight is 519 g/mol. The number of carboxylic acids is 1. The zero-order chi connectivity index (χ0) is 25.6. The third-order valence-electron chi connectivity index (χ3n) is 6.38. The van der Waals surface area contributed by atoms with Gasteiger partial charge in [0.2, 0.25) is 0 Å². The van der Waals surface area contributed by atoms with Crippen LogP contribution >= 0.6 is 23.5 Å². The number of hydrogen-bond donors (Lipinski definition) is 2. The number of carboxylic acid groups (broad SMARTS) is 1. The van der Waals surface area contributed by atoms with Gasteiger partial charge in [0.05, 0.1) is 29.4 Å². The van der Waals surface area contributed by atoms with Crippen LogP contribution in [0.1, 0.15) is 22.3 Å². The van der Waals surface area contributed by atoms with Crippen LogP contribution in [0.5, 0.6) is 5.75 Å². The van der Waals surface area contributed by atoms with Crippen molar-refractivity contribution >= 4 is 46.5 Å². The van der Waals surface area contributed by atoms with Crippen molar-refractivity contribution in [1.82, 2.24) is 0 Å². The zero-order valence-corrected chi connectivity index (χ0v) is 21.2. The topological polar surface area (TPSA) is 61.8 Å². The number of nitrogens with one attached hydrogen (secondary N) is 1. The summed E-state index contributed by atoms with van der Waals surface area (Å²) in [5.41, 5.74) is 4.75. The monoisotopic (exact) mass is 518 g/mol. The second-order valence-electron chi connectivity index (χ2n) is 8.36. The van der Waals surface area contributed by atoms with Crippen molar-refractivity contribution < 1.29 is 23.4 Å². The van der Waals surface area contributed by atoms with Crippen molar-refractivity contribution in [3.05, 3.63) is 69.8 Å². The van der Waals surface area contributed by atoms with E-state index in [-0.39, 0.29) is 24.1 Å². The van der Waals surface area contributed by atoms with Crippen LogP contribution in [-0.4, -0.2) is 37.0 Å². The maximum Gasteiger partial charge on any atom is 0.307 e. The van der Waals surface area contributed by atoms with E-state index >= 15 is 0 Å². The first-order valence-electron chi connectivity index (χ1n) is 10.9. The average Bonchev–Trinajstić information content (AvgIpc) is 2.81. The van der Waals surface area contributed by atoms with Crippen LogP contribution < -0.4 is 14.4 Å². The van der Waals surface area contributed by atoms with Gasteiger partial charge in [-0.2, -0.15) is 0 Å². The summed E-state index contributed by atoms with van der Waals surface area (Å²) in [5.74, 6) is -1.95. The van der Waals surface area contributed by atoms with Crippen LogP contribution in [0, 0.1) is 13.8 Å². The molecule has 2 heterocycles. The molecule has 0 radical (unpaired) electrons. The van der Waals surface area contributed by atoms with Gasteiger partial charge in [0.1, 0.15) is 24.0 Å². The number of carbonyl (C=O) groups is 1. The molecule has 0 spiro atoms. The molecule has 35 heavy (non-hydrogen) atoms. The number of fused-ring (bicyclic) bond motifs is 2. The summed E-state index contributed by atoms with van der Waals surface area (Å²) < 4.78 is 37.0. The number of anilines is 2. The molecule has 5 nitrogen and oxygen atoms in total. The Morgan fingerprint density at radius 1 is 1.23 bits per heavy atom. The fourth-order valence-electron chi connectivity index (χ4n) is 4.90. The Kier molecular flexibility index (Phi) is 6.88. The zero-order valence-electron chi connectivity index (χ0n) is 19.7. The maximum atomic E-state index is 14.9. The molecule has 0 unspecified atom stereocenters. The van der Waals surface area contributed by atoms with Gasteiger partial charge in [0.25, 0.3) is 0 Å². The van der Waals surface area contributed by atoms with Gasteiger partial charge in [0.15, 0.2) is 0 Å². The fourth-order valence-corrected chi connectivity index (χ4v) is 5.89. The van der Waals surface area contributed by atoms with Gasteiger partial charge in [-0.25, -0.2) is 8.78 Å². The van der Waals surface area contributed by atoms with Gasteiger partial charge in [-0.3, -0.25) is 4.79 Å². The molecule has 0 fully saturated rings. The molecule has 0 bridgehead atoms. The molecule has 2 aromatic carbocycles. The van der Waals surface area contributed by atoms with Gasteiger partial charge in [-0.1, -0.05) is 36.7 Å². The molecule has 2 aliphatic heterocycles. The van der Waals surface area contributed by atoms with E-state index in [1.165, 1.54) is 11.9 Å². The number of ether oxygens (including phenoxy) is 1. The van der Waals surface area contributed by atoms with Gasteiger partial charge in [-0.05, 0) is 48.2 Å². The number of halogens is 3. The Morgan fingerprint density at radius 3 is 2.54 bits per heavy atom. The molecule has 4 rings (SSSR count). The van der Waals surface area contributed by atoms with Gasteiger partial charge in [-0.15, -0.1) is 0 Å². The van der Waals surface area contributed by atoms with E-state index in [1.807, 2.05) is 10.6 Å². The molecule has 0 amide bonds. The van der Waals surface area contributed by atoms with Gasteiger partial charge >= 0.3 is 5.97 Å². The molecule has 2 aliphatic rings. The van der Waals surface area contributed by atoms with Crippen LogP contribution in [0.3, 0.4) is 0 Å². The van der Waals surface area contributed by atoms with Crippen molar-refractivity contribution in [2.24, 2.45) is 0 Å². The summed E-state index contributed by atoms with van der Waals surface area (Å²) in [6, 6.07) is 3.54. The van der Waals surface area contributed by atoms with Crippen molar-refractivity contribution in [2.75, 3.05) is 35.6 Å². The second-order valence-corrected chi connectivity index (χ2v) is 9.54. The first-order valence-corrected chi connectivity index (χ1v) is 12.5. The number of nitrogens with zero attached hydrogens (tertiary/aromatic N) is 1. The van der Waals surface area contributed by atoms with Crippen LogP contribution in [0.2, 0.25) is 5.02 Å². The Morgan fingerprint density at radius 2 is 1.94 bits per heavy atom. The van der Waals surface area contributed by atoms with E-state index in [9.17, 15) is 18.7 Å². The molecule has 2 N–H and O–H groups in total. The third kappa shape index (κ3) is 4.19. The van der Waals surface area contributed by atoms with E-state index in [1.54, 1.807) is 26.0 Å². The molecule has 0 saturated carbocycles. The van der Waals surface area contributed by atoms with Gasteiger partial charge < -0.3 is 19.5 Å². The lowest BCUT2D eigenvalue weighted by molar-refractivity contribution is -0.136. The molecule has 0 atom stereocenters. The molecule has 0 saturated heterocycles. The van der Waals surface area contributed by atoms with E-state index in [2.05, 4.69) is 18.5 Å². The summed E-state index contributed by atoms with van der Waals surface area (Å²) in [5, 5.41) is 13.4. The van der Waals surface area contributed by atoms with E-state index < -0.39 is 17.6 Å². The minimum absolute atomic E-state index is 0.0389. The molecule has 184 valence electrons. The van der Waals surface area contributed by atoms with E-state index in [0.717, 1.165) is 0 Å². The van der Waals surface area contributed by atoms with Crippen LogP contribution in [-0.2, 0) is 11.2 Å². The van der Waals surface area contributed by atoms with Crippen LogP contribution in [0.4, 0.5) is 20.2 Å². The predicted molar refractivity (Wildman–Crippen MR) is 140 cm³/mol. The fraction of sp³-hybridized carbons (Fsp3) is 0.269. The number of rotatable bonds is 6. The van der Waals surface area contributed by atoms with Crippen molar-refractivity contribution in [1.29, 1.82) is 0 Å². The summed E-state index contributed by atoms with van der Waals surface area (Å²) in [6.45, 7) is 11.6. The van der Waals surface area contributed by atoms with Gasteiger partial charge in [0, 0.05) is 35.1 Å². The highest BCUT2D eigenvalue weighted by atomic mass is 35.5. The second kappa shape index (κ2) is 9.59. The Labute approximate surface area is 212 Å². The molecule has 2 aromatic rings. The van der Waals surface area contributed by atoms with Crippen LogP contribution in [0.15, 0.2) is 42.5 Å². The molecule has 0 aliphatic carbocycles. The number of benzene rings is 2. The highest BCUT2D eigenvalue weighted by molar-refractivity contribution is 8.00. The molecular weight excluding hydrogens is 494 g/mol. The number of hydrogen-bond acceptors (Lipinski definition) is 5. The Hall–Kier alpha value is -2.97. The molecular formula is C26H25ClF2N2O3S. The lowest BCUT2D eigenvalue weighted by Crippen LogP contribution is -2.27. The highest BCUT2D eigenvalue weighted by Crippen LogP contribution is 2.52. The van der Waals surface area contributed by atoms with Crippen molar-refractivity contribution in [3.8, 4) is 16.9 Å². The highest BCUT2D eigenvalue weighted by Gasteiger charge is 2.34. The largest absolute Gasteiger partial charge is 0.490 e. The quantitative estimate of drug-likeness (QED) is 0.407. The summed E-state index contributed by atoms with van der Waals surface area (Å²) >= 11 is 8.17. The lowest BCUT2D eigenvalue weighted by Gasteiger charge is -2.36. The van der Waals surface area contributed by atoms with E-state index in [0.29, 0.717) is 68.7 Å². The first kappa shape index (κ1) is 25.1. The predicted octanol–water partition coefficient (Wildman–Crippen LogP) is 6.87. The normalized spacial score (nSPS) is 14.6. The third-order valence-corrected chi connectivity index (χ3v) is 7.53. The number of allylic oxidation sites excluding steroid dienone is 2. The lowest BCUT2D eigenvalue weighted by atomic mass is 9.80. The Balaban J connectivity index is 2.16. The summed E-state index contributed by atoms with van der Waals surface area (Å²) in [7, 11) is 0. The first-order chi connectivity index (χ1) is 16.6.